The minimum Gasteiger partial charge on any atom is -0.361 e. The van der Waals surface area contributed by atoms with Gasteiger partial charge in [-0.1, -0.05) is 48.5 Å². The molecule has 0 N–H and O–H groups in total. The molecule has 1 aliphatic heterocycles. The van der Waals surface area contributed by atoms with Crippen LogP contribution in [-0.4, -0.2) is 28.0 Å². The minimum atomic E-state index is 0.843. The normalized spacial score (nSPS) is 13.4. The van der Waals surface area contributed by atoms with Crippen molar-refractivity contribution in [3.63, 3.8) is 0 Å². The first kappa shape index (κ1) is 20.6. The number of hydrogen-bond donors (Lipinski definition) is 0. The molecule has 4 aromatic carbocycles. The Morgan fingerprint density at radius 3 is 2.36 bits per heavy atom. The third-order valence-corrected chi connectivity index (χ3v) is 6.91. The molecule has 0 aliphatic carbocycles. The number of rotatable bonds is 4. The first-order valence-corrected chi connectivity index (χ1v) is 12.1. The summed E-state index contributed by atoms with van der Waals surface area (Å²) in [6.07, 6.45) is 8.16. The fraction of sp³-hybridized carbons (Fsp3) is 0.0645. The van der Waals surface area contributed by atoms with Crippen LogP contribution in [0.4, 0.5) is 22.7 Å². The number of fused-ring (bicyclic) bond motifs is 6. The van der Waals surface area contributed by atoms with Crippen LogP contribution in [0.3, 0.4) is 0 Å². The van der Waals surface area contributed by atoms with Crippen molar-refractivity contribution in [2.24, 2.45) is 0 Å². The van der Waals surface area contributed by atoms with Gasteiger partial charge in [0.15, 0.2) is 0 Å². The van der Waals surface area contributed by atoms with Crippen LogP contribution >= 0.6 is 0 Å². The second-order valence-electron chi connectivity index (χ2n) is 9.23. The molecular weight excluding hydrogens is 442 g/mol. The van der Waals surface area contributed by atoms with Crippen LogP contribution in [-0.2, 0) is 0 Å². The van der Waals surface area contributed by atoms with Crippen LogP contribution in [0, 0.1) is 0 Å². The van der Waals surface area contributed by atoms with E-state index < -0.39 is 0 Å². The third kappa shape index (κ3) is 3.28. The van der Waals surface area contributed by atoms with E-state index in [1.54, 1.807) is 0 Å². The maximum atomic E-state index is 4.74. The minimum absolute atomic E-state index is 0.843. The molecule has 5 heteroatoms. The van der Waals surface area contributed by atoms with E-state index in [9.17, 15) is 0 Å². The molecule has 0 atom stereocenters. The summed E-state index contributed by atoms with van der Waals surface area (Å²) in [4.78, 5) is 11.5. The summed E-state index contributed by atoms with van der Waals surface area (Å²) in [6.45, 7) is 0.843. The van der Waals surface area contributed by atoms with Crippen molar-refractivity contribution in [1.29, 1.82) is 0 Å². The fourth-order valence-electron chi connectivity index (χ4n) is 5.23. The van der Waals surface area contributed by atoms with Gasteiger partial charge in [-0.15, -0.1) is 0 Å². The van der Waals surface area contributed by atoms with Gasteiger partial charge in [-0.2, -0.15) is 0 Å². The predicted molar refractivity (Wildman–Crippen MR) is 149 cm³/mol. The topological polar surface area (TPSA) is 27.0 Å². The molecule has 0 saturated carbocycles. The molecule has 0 radical (unpaired) electrons. The lowest BCUT2D eigenvalue weighted by Gasteiger charge is -2.27. The van der Waals surface area contributed by atoms with Gasteiger partial charge < -0.3 is 14.7 Å². The Kier molecular flexibility index (Phi) is 4.67. The van der Waals surface area contributed by atoms with E-state index in [4.69, 9.17) is 4.98 Å². The summed E-state index contributed by atoms with van der Waals surface area (Å²) < 4.78 is 2.19. The Morgan fingerprint density at radius 2 is 1.50 bits per heavy atom. The van der Waals surface area contributed by atoms with Gasteiger partial charge >= 0.3 is 0 Å². The third-order valence-electron chi connectivity index (χ3n) is 6.91. The highest BCUT2D eigenvalue weighted by Crippen LogP contribution is 2.39. The summed E-state index contributed by atoms with van der Waals surface area (Å²) in [5, 5.41) is 3.57. The maximum Gasteiger partial charge on any atom is 0.145 e. The van der Waals surface area contributed by atoms with E-state index in [-0.39, 0.29) is 0 Å². The summed E-state index contributed by atoms with van der Waals surface area (Å²) in [5.41, 5.74) is 6.63. The molecule has 5 nitrogen and oxygen atoms in total. The molecular formula is C31H25N5. The Morgan fingerprint density at radius 1 is 0.694 bits per heavy atom. The lowest BCUT2D eigenvalue weighted by molar-refractivity contribution is 0.496. The smallest absolute Gasteiger partial charge is 0.145 e. The molecule has 1 aliphatic rings. The van der Waals surface area contributed by atoms with Crippen LogP contribution < -0.4 is 9.80 Å². The van der Waals surface area contributed by atoms with Gasteiger partial charge in [0, 0.05) is 65.4 Å². The highest BCUT2D eigenvalue weighted by molar-refractivity contribution is 6.12. The van der Waals surface area contributed by atoms with Crippen molar-refractivity contribution in [2.75, 3.05) is 23.5 Å². The van der Waals surface area contributed by atoms with Gasteiger partial charge in [0.25, 0.3) is 0 Å². The SMILES string of the molecule is CN1C=CN(c2cccc(N(c3ccccc3)c3ccc4c5ccccc5n5ccnc5c4c3)c2)C1. The number of hydrogen-bond acceptors (Lipinski definition) is 4. The molecule has 3 heterocycles. The van der Waals surface area contributed by atoms with Gasteiger partial charge in [-0.05, 0) is 53.9 Å². The van der Waals surface area contributed by atoms with E-state index in [0.717, 1.165) is 40.5 Å². The van der Waals surface area contributed by atoms with Crippen molar-refractivity contribution in [3.8, 4) is 0 Å². The highest BCUT2D eigenvalue weighted by atomic mass is 15.3. The lowest BCUT2D eigenvalue weighted by Crippen LogP contribution is -2.21. The predicted octanol–water partition coefficient (Wildman–Crippen LogP) is 7.29. The average molecular weight is 468 g/mol. The summed E-state index contributed by atoms with van der Waals surface area (Å²) in [5.74, 6) is 0. The van der Waals surface area contributed by atoms with Crippen LogP contribution in [0.15, 0.2) is 122 Å². The second kappa shape index (κ2) is 8.17. The Hall–Kier alpha value is -4.77. The number of nitrogens with zero attached hydrogens (tertiary/aromatic N) is 5. The molecule has 36 heavy (non-hydrogen) atoms. The van der Waals surface area contributed by atoms with Gasteiger partial charge in [0.05, 0.1) is 12.2 Å². The van der Waals surface area contributed by atoms with Crippen LogP contribution in [0.2, 0.25) is 0 Å². The summed E-state index contributed by atoms with van der Waals surface area (Å²) >= 11 is 0. The van der Waals surface area contributed by atoms with E-state index in [1.165, 1.54) is 16.3 Å². The largest absolute Gasteiger partial charge is 0.361 e. The average Bonchev–Trinajstić information content (AvgIpc) is 3.60. The van der Waals surface area contributed by atoms with Crippen molar-refractivity contribution in [2.45, 2.75) is 0 Å². The maximum absolute atomic E-state index is 4.74. The van der Waals surface area contributed by atoms with Crippen LogP contribution in [0.25, 0.3) is 27.3 Å². The number of imidazole rings is 1. The van der Waals surface area contributed by atoms with E-state index in [2.05, 4.69) is 136 Å². The first-order valence-electron chi connectivity index (χ1n) is 12.1. The molecule has 0 amide bonds. The Bertz CT molecular complexity index is 1750. The Balaban J connectivity index is 1.44. The van der Waals surface area contributed by atoms with Gasteiger partial charge in [-0.25, -0.2) is 4.98 Å². The molecule has 2 aromatic heterocycles. The first-order chi connectivity index (χ1) is 17.8. The molecule has 174 valence electrons. The zero-order valence-electron chi connectivity index (χ0n) is 20.0. The number of benzene rings is 4. The number of aromatic nitrogens is 2. The van der Waals surface area contributed by atoms with Gasteiger partial charge in [0.2, 0.25) is 0 Å². The lowest BCUT2D eigenvalue weighted by atomic mass is 10.0. The molecule has 6 aromatic rings. The van der Waals surface area contributed by atoms with Crippen molar-refractivity contribution in [3.05, 3.63) is 122 Å². The Labute approximate surface area is 209 Å². The zero-order chi connectivity index (χ0) is 24.1. The summed E-state index contributed by atoms with van der Waals surface area (Å²) in [7, 11) is 2.09. The van der Waals surface area contributed by atoms with Gasteiger partial charge in [0.1, 0.15) is 5.65 Å². The van der Waals surface area contributed by atoms with E-state index in [1.807, 2.05) is 12.4 Å². The highest BCUT2D eigenvalue weighted by Gasteiger charge is 2.18. The summed E-state index contributed by atoms with van der Waals surface area (Å²) in [6, 6.07) is 34.5. The second-order valence-corrected chi connectivity index (χ2v) is 9.23. The molecule has 0 spiro atoms. The zero-order valence-corrected chi connectivity index (χ0v) is 20.0. The quantitative estimate of drug-likeness (QED) is 0.254. The number of anilines is 4. The van der Waals surface area contributed by atoms with Crippen molar-refractivity contribution in [1.82, 2.24) is 14.3 Å². The van der Waals surface area contributed by atoms with Crippen LogP contribution in [0.1, 0.15) is 0 Å². The standard InChI is InChI=1S/C31H25N5/c1-33-18-19-34(22-33)24-10-7-11-25(20-24)36(23-8-3-2-4-9-23)26-14-15-27-28-12-5-6-13-30(28)35-17-16-32-31(35)29(27)21-26/h2-21H,22H2,1H3. The monoisotopic (exact) mass is 467 g/mol. The molecule has 0 bridgehead atoms. The molecule has 0 fully saturated rings. The van der Waals surface area contributed by atoms with Crippen molar-refractivity contribution < 1.29 is 0 Å². The van der Waals surface area contributed by atoms with Crippen LogP contribution in [0.5, 0.6) is 0 Å². The molecule has 0 saturated heterocycles. The number of para-hydroxylation sites is 2. The molecule has 0 unspecified atom stereocenters. The van der Waals surface area contributed by atoms with Crippen molar-refractivity contribution >= 4 is 50.1 Å². The fourth-order valence-corrected chi connectivity index (χ4v) is 5.23. The van der Waals surface area contributed by atoms with Gasteiger partial charge in [-0.3, -0.25) is 4.40 Å². The molecule has 7 rings (SSSR count). The van der Waals surface area contributed by atoms with E-state index in [0.29, 0.717) is 0 Å². The number of pyridine rings is 1. The van der Waals surface area contributed by atoms with E-state index >= 15 is 0 Å².